The van der Waals surface area contributed by atoms with Crippen molar-refractivity contribution in [3.8, 4) is 0 Å². The summed E-state index contributed by atoms with van der Waals surface area (Å²) in [5.41, 5.74) is 4.05. The molecule has 6 heteroatoms. The molecule has 0 atom stereocenters. The van der Waals surface area contributed by atoms with Gasteiger partial charge in [-0.05, 0) is 25.3 Å². The molecule has 2 aromatic rings. The van der Waals surface area contributed by atoms with Gasteiger partial charge in [-0.1, -0.05) is 31.4 Å². The number of nitrogens with one attached hydrogen (secondary N) is 2. The van der Waals surface area contributed by atoms with Crippen LogP contribution in [0.4, 0.5) is 11.5 Å². The lowest BCUT2D eigenvalue weighted by Crippen LogP contribution is -2.19. The van der Waals surface area contributed by atoms with Gasteiger partial charge in [0, 0.05) is 36.3 Å². The number of allylic oxidation sites excluding steroid dienone is 4. The van der Waals surface area contributed by atoms with Crippen LogP contribution in [-0.2, 0) is 12.8 Å². The van der Waals surface area contributed by atoms with Crippen LogP contribution < -0.4 is 10.6 Å². The molecule has 0 spiro atoms. The number of nitrogens with zero attached hydrogens (tertiary/aromatic N) is 3. The van der Waals surface area contributed by atoms with E-state index in [9.17, 15) is 4.79 Å². The van der Waals surface area contributed by atoms with Crippen molar-refractivity contribution in [3.05, 3.63) is 72.5 Å². The number of amides is 1. The summed E-state index contributed by atoms with van der Waals surface area (Å²) >= 11 is 0. The SMILES string of the molecule is C=C/C=C(\C=C)c1nc2c(c(Nc3ccncc3C(=O)NC)n1)CCC2. The molecule has 0 saturated carbocycles. The summed E-state index contributed by atoms with van der Waals surface area (Å²) in [4.78, 5) is 25.5. The van der Waals surface area contributed by atoms with Crippen molar-refractivity contribution in [2.24, 2.45) is 0 Å². The fraction of sp³-hybridized carbons (Fsp3) is 0.200. The van der Waals surface area contributed by atoms with E-state index in [0.29, 0.717) is 17.1 Å². The number of aromatic nitrogens is 3. The van der Waals surface area contributed by atoms with Gasteiger partial charge in [-0.3, -0.25) is 9.78 Å². The molecule has 1 amide bonds. The molecule has 2 aromatic heterocycles. The Bertz CT molecular complexity index is 901. The van der Waals surface area contributed by atoms with E-state index >= 15 is 0 Å². The third-order valence-corrected chi connectivity index (χ3v) is 4.25. The Hall–Kier alpha value is -3.28. The van der Waals surface area contributed by atoms with E-state index in [0.717, 1.165) is 41.9 Å². The fourth-order valence-corrected chi connectivity index (χ4v) is 2.97. The number of pyridine rings is 1. The molecule has 0 aliphatic heterocycles. The van der Waals surface area contributed by atoms with E-state index in [1.165, 1.54) is 6.20 Å². The van der Waals surface area contributed by atoms with Gasteiger partial charge in [0.15, 0.2) is 5.82 Å². The highest BCUT2D eigenvalue weighted by Gasteiger charge is 2.21. The molecule has 0 fully saturated rings. The second-order valence-electron chi connectivity index (χ2n) is 5.86. The average molecular weight is 347 g/mol. The molecule has 0 unspecified atom stereocenters. The first kappa shape index (κ1) is 17.5. The Balaban J connectivity index is 2.07. The van der Waals surface area contributed by atoms with Crippen molar-refractivity contribution in [1.29, 1.82) is 0 Å². The number of aryl methyl sites for hydroxylation is 1. The lowest BCUT2D eigenvalue weighted by Gasteiger charge is -2.14. The van der Waals surface area contributed by atoms with E-state index in [1.807, 2.05) is 6.08 Å². The van der Waals surface area contributed by atoms with Crippen LogP contribution in [0.15, 0.2) is 49.8 Å². The highest BCUT2D eigenvalue weighted by Crippen LogP contribution is 2.31. The van der Waals surface area contributed by atoms with Crippen LogP contribution in [0.3, 0.4) is 0 Å². The van der Waals surface area contributed by atoms with Crippen LogP contribution in [0.1, 0.15) is 33.9 Å². The fourth-order valence-electron chi connectivity index (χ4n) is 2.97. The first-order chi connectivity index (χ1) is 12.7. The summed E-state index contributed by atoms with van der Waals surface area (Å²) in [5.74, 6) is 1.11. The van der Waals surface area contributed by atoms with E-state index < -0.39 is 0 Å². The monoisotopic (exact) mass is 347 g/mol. The molecular formula is C20H21N5O. The molecule has 26 heavy (non-hydrogen) atoms. The largest absolute Gasteiger partial charge is 0.355 e. The van der Waals surface area contributed by atoms with Crippen molar-refractivity contribution in [2.75, 3.05) is 12.4 Å². The van der Waals surface area contributed by atoms with Crippen LogP contribution in [0, 0.1) is 0 Å². The molecule has 0 aromatic carbocycles. The van der Waals surface area contributed by atoms with Crippen LogP contribution in [0.2, 0.25) is 0 Å². The van der Waals surface area contributed by atoms with Crippen LogP contribution >= 0.6 is 0 Å². The highest BCUT2D eigenvalue weighted by molar-refractivity contribution is 5.99. The molecule has 1 aliphatic rings. The average Bonchev–Trinajstić information content (AvgIpc) is 3.14. The Morgan fingerprint density at radius 2 is 2.12 bits per heavy atom. The zero-order chi connectivity index (χ0) is 18.5. The third-order valence-electron chi connectivity index (χ3n) is 4.25. The van der Waals surface area contributed by atoms with Gasteiger partial charge in [0.05, 0.1) is 11.3 Å². The molecule has 2 heterocycles. The van der Waals surface area contributed by atoms with Gasteiger partial charge in [0.25, 0.3) is 5.91 Å². The van der Waals surface area contributed by atoms with E-state index in [-0.39, 0.29) is 5.91 Å². The van der Waals surface area contributed by atoms with Gasteiger partial charge in [-0.2, -0.15) is 0 Å². The summed E-state index contributed by atoms with van der Waals surface area (Å²) in [6, 6.07) is 1.77. The maximum Gasteiger partial charge on any atom is 0.254 e. The molecule has 2 N–H and O–H groups in total. The summed E-state index contributed by atoms with van der Waals surface area (Å²) in [6.45, 7) is 7.56. The van der Waals surface area contributed by atoms with Gasteiger partial charge in [0.1, 0.15) is 5.82 Å². The molecule has 0 saturated heterocycles. The van der Waals surface area contributed by atoms with E-state index in [2.05, 4.69) is 33.8 Å². The zero-order valence-electron chi connectivity index (χ0n) is 14.7. The van der Waals surface area contributed by atoms with E-state index in [4.69, 9.17) is 4.98 Å². The number of fused-ring (bicyclic) bond motifs is 1. The summed E-state index contributed by atoms with van der Waals surface area (Å²) < 4.78 is 0. The molecule has 6 nitrogen and oxygen atoms in total. The van der Waals surface area contributed by atoms with Crippen molar-refractivity contribution in [1.82, 2.24) is 20.3 Å². The van der Waals surface area contributed by atoms with Crippen molar-refractivity contribution in [3.63, 3.8) is 0 Å². The molecule has 0 radical (unpaired) electrons. The van der Waals surface area contributed by atoms with Gasteiger partial charge >= 0.3 is 0 Å². The molecular weight excluding hydrogens is 326 g/mol. The maximum absolute atomic E-state index is 12.1. The van der Waals surface area contributed by atoms with Crippen molar-refractivity contribution >= 4 is 23.0 Å². The first-order valence-electron chi connectivity index (χ1n) is 8.46. The molecule has 132 valence electrons. The maximum atomic E-state index is 12.1. The van der Waals surface area contributed by atoms with Gasteiger partial charge in [-0.15, -0.1) is 0 Å². The quantitative estimate of drug-likeness (QED) is 0.784. The number of carbonyl (C=O) groups is 1. The minimum Gasteiger partial charge on any atom is -0.355 e. The number of hydrogen-bond donors (Lipinski definition) is 2. The smallest absolute Gasteiger partial charge is 0.254 e. The predicted octanol–water partition coefficient (Wildman–Crippen LogP) is 3.22. The number of hydrogen-bond acceptors (Lipinski definition) is 5. The van der Waals surface area contributed by atoms with Crippen LogP contribution in [0.25, 0.3) is 5.57 Å². The van der Waals surface area contributed by atoms with E-state index in [1.54, 1.807) is 31.5 Å². The summed E-state index contributed by atoms with van der Waals surface area (Å²) in [6.07, 6.45) is 11.3. The molecule has 0 bridgehead atoms. The van der Waals surface area contributed by atoms with Crippen LogP contribution in [-0.4, -0.2) is 27.9 Å². The van der Waals surface area contributed by atoms with Crippen molar-refractivity contribution < 1.29 is 4.79 Å². The number of rotatable bonds is 6. The summed E-state index contributed by atoms with van der Waals surface area (Å²) in [5, 5.41) is 5.94. The normalized spacial score (nSPS) is 13.0. The topological polar surface area (TPSA) is 79.8 Å². The minimum absolute atomic E-state index is 0.204. The zero-order valence-corrected chi connectivity index (χ0v) is 14.7. The van der Waals surface area contributed by atoms with Crippen LogP contribution in [0.5, 0.6) is 0 Å². The third kappa shape index (κ3) is 3.39. The Morgan fingerprint density at radius 1 is 1.27 bits per heavy atom. The number of anilines is 2. The predicted molar refractivity (Wildman–Crippen MR) is 103 cm³/mol. The Labute approximate surface area is 152 Å². The lowest BCUT2D eigenvalue weighted by molar-refractivity contribution is 0.0963. The second-order valence-corrected chi connectivity index (χ2v) is 5.86. The summed E-state index contributed by atoms with van der Waals surface area (Å²) in [7, 11) is 1.59. The number of carbonyl (C=O) groups excluding carboxylic acids is 1. The highest BCUT2D eigenvalue weighted by atomic mass is 16.1. The van der Waals surface area contributed by atoms with Gasteiger partial charge in [-0.25, -0.2) is 9.97 Å². The molecule has 3 rings (SSSR count). The molecule has 1 aliphatic carbocycles. The standard InChI is InChI=1S/C20H21N5O/c1-4-7-13(5-2)18-23-16-9-6-8-14(16)19(25-18)24-17-10-11-22-12-15(17)20(26)21-3/h4-5,7,10-12H,1-2,6,8-9H2,3H3,(H,21,26)(H,22,23,24,25)/b13-7+. The first-order valence-corrected chi connectivity index (χ1v) is 8.46. The lowest BCUT2D eigenvalue weighted by atomic mass is 10.1. The van der Waals surface area contributed by atoms with Gasteiger partial charge in [0.2, 0.25) is 0 Å². The Kier molecular flexibility index (Phi) is 5.22. The van der Waals surface area contributed by atoms with Gasteiger partial charge < -0.3 is 10.6 Å². The Morgan fingerprint density at radius 3 is 2.85 bits per heavy atom. The minimum atomic E-state index is -0.204. The second kappa shape index (κ2) is 7.74. The van der Waals surface area contributed by atoms with Crippen molar-refractivity contribution in [2.45, 2.75) is 19.3 Å².